The van der Waals surface area contributed by atoms with Crippen molar-refractivity contribution in [3.8, 4) is 0 Å². The Balaban J connectivity index is 1.79. The van der Waals surface area contributed by atoms with Crippen molar-refractivity contribution in [3.63, 3.8) is 0 Å². The second-order valence-corrected chi connectivity index (χ2v) is 6.47. The van der Waals surface area contributed by atoms with Gasteiger partial charge in [0.1, 0.15) is 5.67 Å². The molecule has 1 saturated carbocycles. The van der Waals surface area contributed by atoms with Gasteiger partial charge in [-0.3, -0.25) is 4.79 Å². The Hall–Kier alpha value is -2.11. The Morgan fingerprint density at radius 1 is 1.25 bits per heavy atom. The first-order chi connectivity index (χ1) is 11.5. The van der Waals surface area contributed by atoms with Crippen LogP contribution >= 0.6 is 0 Å². The summed E-state index contributed by atoms with van der Waals surface area (Å²) < 4.78 is 13.9. The highest BCUT2D eigenvalue weighted by Crippen LogP contribution is 2.38. The molecule has 0 saturated heterocycles. The van der Waals surface area contributed by atoms with Crippen LogP contribution in [-0.4, -0.2) is 35.4 Å². The van der Waals surface area contributed by atoms with Gasteiger partial charge < -0.3 is 15.7 Å². The zero-order valence-electron chi connectivity index (χ0n) is 13.8. The van der Waals surface area contributed by atoms with Crippen molar-refractivity contribution >= 4 is 12.0 Å². The van der Waals surface area contributed by atoms with Crippen LogP contribution in [0.4, 0.5) is 9.18 Å². The molecule has 132 valence electrons. The summed E-state index contributed by atoms with van der Waals surface area (Å²) in [6, 6.07) is 8.96. The van der Waals surface area contributed by atoms with E-state index in [0.29, 0.717) is 38.6 Å². The number of urea groups is 1. The molecule has 1 aliphatic carbocycles. The third kappa shape index (κ3) is 6.18. The summed E-state index contributed by atoms with van der Waals surface area (Å²) in [4.78, 5) is 22.8. The predicted molar refractivity (Wildman–Crippen MR) is 89.6 cm³/mol. The number of carboxylic acids is 1. The predicted octanol–water partition coefficient (Wildman–Crippen LogP) is 3.04. The standard InChI is InChI=1S/C18H25FN2O3/c19-18(9-4-10-18)11-12-20-17(24)21-15(7-8-16(22)23)13-14-5-2-1-3-6-14/h1-3,5-6,15H,4,7-13H2,(H,22,23)(H2,20,21,24). The summed E-state index contributed by atoms with van der Waals surface area (Å²) in [5.74, 6) is -0.889. The van der Waals surface area contributed by atoms with E-state index in [0.717, 1.165) is 12.0 Å². The van der Waals surface area contributed by atoms with Gasteiger partial charge in [-0.1, -0.05) is 30.3 Å². The van der Waals surface area contributed by atoms with Crippen molar-refractivity contribution in [1.29, 1.82) is 0 Å². The number of halogens is 1. The molecule has 0 heterocycles. The number of hydrogen-bond acceptors (Lipinski definition) is 2. The number of alkyl halides is 1. The monoisotopic (exact) mass is 336 g/mol. The van der Waals surface area contributed by atoms with Crippen LogP contribution in [0.15, 0.2) is 30.3 Å². The molecule has 0 aromatic heterocycles. The van der Waals surface area contributed by atoms with Gasteiger partial charge >= 0.3 is 12.0 Å². The first kappa shape index (κ1) is 18.2. The van der Waals surface area contributed by atoms with Gasteiger partial charge in [-0.2, -0.15) is 0 Å². The number of aliphatic carboxylic acids is 1. The lowest BCUT2D eigenvalue weighted by atomic mass is 9.80. The Morgan fingerprint density at radius 3 is 2.54 bits per heavy atom. The molecule has 1 unspecified atom stereocenters. The molecule has 1 aromatic rings. The number of benzene rings is 1. The number of carbonyl (C=O) groups excluding carboxylic acids is 1. The Labute approximate surface area is 141 Å². The van der Waals surface area contributed by atoms with Gasteiger partial charge in [0.25, 0.3) is 0 Å². The summed E-state index contributed by atoms with van der Waals surface area (Å²) in [6.07, 6.45) is 3.30. The summed E-state index contributed by atoms with van der Waals surface area (Å²) in [7, 11) is 0. The fourth-order valence-corrected chi connectivity index (χ4v) is 2.87. The first-order valence-electron chi connectivity index (χ1n) is 8.46. The van der Waals surface area contributed by atoms with Crippen LogP contribution in [0, 0.1) is 0 Å². The molecule has 0 bridgehead atoms. The van der Waals surface area contributed by atoms with Crippen molar-refractivity contribution < 1.29 is 19.1 Å². The van der Waals surface area contributed by atoms with E-state index in [-0.39, 0.29) is 18.5 Å². The summed E-state index contributed by atoms with van der Waals surface area (Å²) in [6.45, 7) is 0.291. The molecule has 1 atom stereocenters. The number of carbonyl (C=O) groups is 2. The third-order valence-corrected chi connectivity index (χ3v) is 4.48. The summed E-state index contributed by atoms with van der Waals surface area (Å²) in [5, 5.41) is 14.3. The number of amides is 2. The highest BCUT2D eigenvalue weighted by molar-refractivity contribution is 5.74. The molecule has 1 fully saturated rings. The van der Waals surface area contributed by atoms with E-state index in [4.69, 9.17) is 5.11 Å². The van der Waals surface area contributed by atoms with Crippen LogP contribution in [0.5, 0.6) is 0 Å². The number of nitrogens with one attached hydrogen (secondary N) is 2. The molecule has 0 aliphatic heterocycles. The molecule has 3 N–H and O–H groups in total. The van der Waals surface area contributed by atoms with Crippen LogP contribution in [-0.2, 0) is 11.2 Å². The minimum Gasteiger partial charge on any atom is -0.481 e. The van der Waals surface area contributed by atoms with Crippen molar-refractivity contribution in [2.45, 2.75) is 56.7 Å². The van der Waals surface area contributed by atoms with Gasteiger partial charge in [-0.15, -0.1) is 0 Å². The second-order valence-electron chi connectivity index (χ2n) is 6.47. The van der Waals surface area contributed by atoms with E-state index < -0.39 is 11.6 Å². The Morgan fingerprint density at radius 2 is 1.96 bits per heavy atom. The molecule has 2 rings (SSSR count). The zero-order chi connectivity index (χ0) is 17.4. The minimum absolute atomic E-state index is 0.00856. The fraction of sp³-hybridized carbons (Fsp3) is 0.556. The van der Waals surface area contributed by atoms with Gasteiger partial charge in [-0.05, 0) is 44.1 Å². The van der Waals surface area contributed by atoms with Gasteiger partial charge in [0, 0.05) is 19.0 Å². The minimum atomic E-state index is -1.11. The quantitative estimate of drug-likeness (QED) is 0.648. The lowest BCUT2D eigenvalue weighted by Gasteiger charge is -2.33. The highest BCUT2D eigenvalue weighted by atomic mass is 19.1. The maximum absolute atomic E-state index is 13.9. The normalized spacial score (nSPS) is 16.7. The molecule has 6 heteroatoms. The zero-order valence-corrected chi connectivity index (χ0v) is 13.8. The van der Waals surface area contributed by atoms with E-state index in [1.165, 1.54) is 0 Å². The molecule has 24 heavy (non-hydrogen) atoms. The van der Waals surface area contributed by atoms with Crippen LogP contribution in [0.2, 0.25) is 0 Å². The molecule has 1 aromatic carbocycles. The molecular weight excluding hydrogens is 311 g/mol. The van der Waals surface area contributed by atoms with Gasteiger partial charge in [-0.25, -0.2) is 9.18 Å². The van der Waals surface area contributed by atoms with E-state index in [9.17, 15) is 14.0 Å². The van der Waals surface area contributed by atoms with Crippen molar-refractivity contribution in [2.75, 3.05) is 6.54 Å². The van der Waals surface area contributed by atoms with Gasteiger partial charge in [0.2, 0.25) is 0 Å². The fourth-order valence-electron chi connectivity index (χ4n) is 2.87. The van der Waals surface area contributed by atoms with E-state index in [1.807, 2.05) is 30.3 Å². The summed E-state index contributed by atoms with van der Waals surface area (Å²) >= 11 is 0. The lowest BCUT2D eigenvalue weighted by Crippen LogP contribution is -2.45. The van der Waals surface area contributed by atoms with E-state index in [1.54, 1.807) is 0 Å². The lowest BCUT2D eigenvalue weighted by molar-refractivity contribution is -0.137. The Kier molecular flexibility index (Phi) is 6.58. The molecular formula is C18H25FN2O3. The Bertz CT molecular complexity index is 546. The molecule has 0 radical (unpaired) electrons. The topological polar surface area (TPSA) is 78.4 Å². The third-order valence-electron chi connectivity index (χ3n) is 4.48. The molecule has 0 spiro atoms. The first-order valence-corrected chi connectivity index (χ1v) is 8.46. The number of carboxylic acid groups (broad SMARTS) is 1. The van der Waals surface area contributed by atoms with Crippen LogP contribution in [0.25, 0.3) is 0 Å². The number of rotatable bonds is 9. The molecule has 1 aliphatic rings. The van der Waals surface area contributed by atoms with Gasteiger partial charge in [0.15, 0.2) is 0 Å². The average molecular weight is 336 g/mol. The van der Waals surface area contributed by atoms with Crippen LogP contribution < -0.4 is 10.6 Å². The smallest absolute Gasteiger partial charge is 0.315 e. The molecule has 5 nitrogen and oxygen atoms in total. The molecule has 2 amide bonds. The SMILES string of the molecule is O=C(O)CCC(Cc1ccccc1)NC(=O)NCCC1(F)CCC1. The average Bonchev–Trinajstić information content (AvgIpc) is 2.52. The van der Waals surface area contributed by atoms with Crippen molar-refractivity contribution in [1.82, 2.24) is 10.6 Å². The maximum atomic E-state index is 13.9. The van der Waals surface area contributed by atoms with Crippen LogP contribution in [0.1, 0.15) is 44.1 Å². The van der Waals surface area contributed by atoms with E-state index in [2.05, 4.69) is 10.6 Å². The summed E-state index contributed by atoms with van der Waals surface area (Å²) in [5.41, 5.74) is -0.0783. The van der Waals surface area contributed by atoms with E-state index >= 15 is 0 Å². The van der Waals surface area contributed by atoms with Crippen molar-refractivity contribution in [3.05, 3.63) is 35.9 Å². The number of hydrogen-bond donors (Lipinski definition) is 3. The van der Waals surface area contributed by atoms with Crippen LogP contribution in [0.3, 0.4) is 0 Å². The largest absolute Gasteiger partial charge is 0.481 e. The maximum Gasteiger partial charge on any atom is 0.315 e. The van der Waals surface area contributed by atoms with Crippen molar-refractivity contribution in [2.24, 2.45) is 0 Å². The second kappa shape index (κ2) is 8.66. The highest BCUT2D eigenvalue weighted by Gasteiger charge is 2.36. The van der Waals surface area contributed by atoms with Gasteiger partial charge in [0.05, 0.1) is 0 Å².